The first-order chi connectivity index (χ1) is 8.52. The average molecular weight is 256 g/mol. The Morgan fingerprint density at radius 3 is 2.89 bits per heavy atom. The highest BCUT2D eigenvalue weighted by atomic mass is 16.5. The summed E-state index contributed by atoms with van der Waals surface area (Å²) in [4.78, 5) is 25.1. The van der Waals surface area contributed by atoms with Gasteiger partial charge in [-0.2, -0.15) is 0 Å². The highest BCUT2D eigenvalue weighted by molar-refractivity contribution is 5.01. The predicted molar refractivity (Wildman–Crippen MR) is 62.3 cm³/mol. The van der Waals surface area contributed by atoms with Crippen molar-refractivity contribution in [3.05, 3.63) is 32.6 Å². The number of nitrogens with zero attached hydrogens (tertiary/aromatic N) is 1. The summed E-state index contributed by atoms with van der Waals surface area (Å²) >= 11 is 0. The first kappa shape index (κ1) is 13.0. The number of hydrogen-bond donors (Lipinski definition) is 3. The molecule has 0 bridgehead atoms. The van der Waals surface area contributed by atoms with Crippen LogP contribution in [0.3, 0.4) is 0 Å². The van der Waals surface area contributed by atoms with Crippen LogP contribution in [0.1, 0.15) is 24.6 Å². The highest BCUT2D eigenvalue weighted by Crippen LogP contribution is 2.25. The van der Waals surface area contributed by atoms with Crippen LogP contribution in [0.15, 0.2) is 15.8 Å². The minimum atomic E-state index is -0.731. The maximum absolute atomic E-state index is 11.7. The maximum atomic E-state index is 11.7. The molecule has 0 spiro atoms. The van der Waals surface area contributed by atoms with Gasteiger partial charge in [0.2, 0.25) is 0 Å². The van der Waals surface area contributed by atoms with E-state index in [0.717, 1.165) is 0 Å². The SMILES string of the molecule is Cc1cn(C2CC[C@@H](O)[C@H](CO)O2)c(=O)[nH]c1=O. The second-order valence-electron chi connectivity index (χ2n) is 4.44. The van der Waals surface area contributed by atoms with Crippen molar-refractivity contribution >= 4 is 0 Å². The Morgan fingerprint density at radius 2 is 2.22 bits per heavy atom. The minimum absolute atomic E-state index is 0.311. The Bertz CT molecular complexity index is 535. The molecule has 1 fully saturated rings. The summed E-state index contributed by atoms with van der Waals surface area (Å²) in [5.74, 6) is 0. The summed E-state index contributed by atoms with van der Waals surface area (Å²) in [5, 5.41) is 18.6. The van der Waals surface area contributed by atoms with Crippen molar-refractivity contribution in [1.29, 1.82) is 0 Å². The van der Waals surface area contributed by atoms with Gasteiger partial charge in [0.25, 0.3) is 5.56 Å². The summed E-state index contributed by atoms with van der Waals surface area (Å²) in [7, 11) is 0. The Kier molecular flexibility index (Phi) is 3.65. The molecular weight excluding hydrogens is 240 g/mol. The lowest BCUT2D eigenvalue weighted by Crippen LogP contribution is -2.43. The number of aryl methyl sites for hydroxylation is 1. The van der Waals surface area contributed by atoms with Gasteiger partial charge in [-0.05, 0) is 19.8 Å². The van der Waals surface area contributed by atoms with Crippen molar-refractivity contribution in [2.24, 2.45) is 0 Å². The molecule has 0 amide bonds. The summed E-state index contributed by atoms with van der Waals surface area (Å²) in [6.45, 7) is 1.28. The van der Waals surface area contributed by atoms with Gasteiger partial charge in [-0.3, -0.25) is 14.3 Å². The van der Waals surface area contributed by atoms with E-state index in [-0.39, 0.29) is 6.61 Å². The second kappa shape index (κ2) is 5.05. The smallest absolute Gasteiger partial charge is 0.330 e. The Morgan fingerprint density at radius 1 is 1.50 bits per heavy atom. The molecule has 1 unspecified atom stereocenters. The van der Waals surface area contributed by atoms with E-state index < -0.39 is 29.7 Å². The monoisotopic (exact) mass is 256 g/mol. The molecule has 0 aliphatic carbocycles. The van der Waals surface area contributed by atoms with E-state index in [2.05, 4.69) is 4.98 Å². The molecule has 2 rings (SSSR count). The molecule has 1 aromatic rings. The van der Waals surface area contributed by atoms with E-state index in [0.29, 0.717) is 18.4 Å². The van der Waals surface area contributed by atoms with Crippen LogP contribution in [0.2, 0.25) is 0 Å². The Labute approximate surface area is 103 Å². The van der Waals surface area contributed by atoms with Gasteiger partial charge in [0.15, 0.2) is 0 Å². The zero-order valence-electron chi connectivity index (χ0n) is 10.00. The topological polar surface area (TPSA) is 105 Å². The quantitative estimate of drug-likeness (QED) is 0.621. The molecule has 1 aliphatic rings. The zero-order valence-corrected chi connectivity index (χ0v) is 10.00. The largest absolute Gasteiger partial charge is 0.394 e. The van der Waals surface area contributed by atoms with Crippen LogP contribution in [0.5, 0.6) is 0 Å². The normalized spacial score (nSPS) is 28.3. The molecule has 100 valence electrons. The van der Waals surface area contributed by atoms with Crippen LogP contribution < -0.4 is 11.2 Å². The van der Waals surface area contributed by atoms with E-state index >= 15 is 0 Å². The van der Waals surface area contributed by atoms with Crippen molar-refractivity contribution in [3.8, 4) is 0 Å². The third kappa shape index (κ3) is 2.38. The van der Waals surface area contributed by atoms with Crippen molar-refractivity contribution in [2.45, 2.75) is 38.2 Å². The molecule has 3 atom stereocenters. The van der Waals surface area contributed by atoms with E-state index in [1.54, 1.807) is 6.92 Å². The molecule has 0 saturated carbocycles. The first-order valence-electron chi connectivity index (χ1n) is 5.79. The fourth-order valence-corrected chi connectivity index (χ4v) is 2.03. The number of aliphatic hydroxyl groups is 2. The maximum Gasteiger partial charge on any atom is 0.330 e. The van der Waals surface area contributed by atoms with Crippen LogP contribution in [-0.2, 0) is 4.74 Å². The zero-order chi connectivity index (χ0) is 13.3. The molecule has 0 aromatic carbocycles. The van der Waals surface area contributed by atoms with Gasteiger partial charge in [0.1, 0.15) is 12.3 Å². The number of aliphatic hydroxyl groups excluding tert-OH is 2. The number of ether oxygens (including phenoxy) is 1. The molecular formula is C11H16N2O5. The lowest BCUT2D eigenvalue weighted by Gasteiger charge is -2.33. The van der Waals surface area contributed by atoms with Gasteiger partial charge in [0.05, 0.1) is 12.7 Å². The van der Waals surface area contributed by atoms with Crippen LogP contribution in [0.25, 0.3) is 0 Å². The molecule has 18 heavy (non-hydrogen) atoms. The number of hydrogen-bond acceptors (Lipinski definition) is 5. The van der Waals surface area contributed by atoms with Gasteiger partial charge in [-0.15, -0.1) is 0 Å². The van der Waals surface area contributed by atoms with Gasteiger partial charge in [0, 0.05) is 11.8 Å². The lowest BCUT2D eigenvalue weighted by atomic mass is 10.0. The summed E-state index contributed by atoms with van der Waals surface area (Å²) < 4.78 is 6.73. The van der Waals surface area contributed by atoms with Crippen molar-refractivity contribution in [1.82, 2.24) is 9.55 Å². The number of nitrogens with one attached hydrogen (secondary N) is 1. The fourth-order valence-electron chi connectivity index (χ4n) is 2.03. The van der Waals surface area contributed by atoms with E-state index in [9.17, 15) is 14.7 Å². The molecule has 1 saturated heterocycles. The predicted octanol–water partition coefficient (Wildman–Crippen LogP) is -1.12. The molecule has 0 radical (unpaired) electrons. The van der Waals surface area contributed by atoms with Gasteiger partial charge < -0.3 is 14.9 Å². The standard InChI is InChI=1S/C11H16N2O5/c1-6-4-13(11(17)12-10(6)16)9-3-2-7(15)8(5-14)18-9/h4,7-9,14-15H,2-3,5H2,1H3,(H,12,16,17)/t7-,8+,9?/m1/s1. The van der Waals surface area contributed by atoms with Crippen LogP contribution in [0.4, 0.5) is 0 Å². The van der Waals surface area contributed by atoms with Crippen LogP contribution in [0, 0.1) is 6.92 Å². The average Bonchev–Trinajstić information content (AvgIpc) is 2.35. The van der Waals surface area contributed by atoms with Gasteiger partial charge in [-0.1, -0.05) is 0 Å². The van der Waals surface area contributed by atoms with E-state index in [4.69, 9.17) is 9.84 Å². The van der Waals surface area contributed by atoms with E-state index in [1.807, 2.05) is 0 Å². The van der Waals surface area contributed by atoms with Crippen LogP contribution in [-0.4, -0.2) is 38.6 Å². The summed E-state index contributed by atoms with van der Waals surface area (Å²) in [6.07, 6.45) is 0.295. The molecule has 3 N–H and O–H groups in total. The van der Waals surface area contributed by atoms with Crippen molar-refractivity contribution in [2.75, 3.05) is 6.61 Å². The lowest BCUT2D eigenvalue weighted by molar-refractivity contribution is -0.160. The third-order valence-corrected chi connectivity index (χ3v) is 3.11. The molecule has 1 aliphatic heterocycles. The van der Waals surface area contributed by atoms with E-state index in [1.165, 1.54) is 10.8 Å². The Balaban J connectivity index is 2.30. The second-order valence-corrected chi connectivity index (χ2v) is 4.44. The van der Waals surface area contributed by atoms with Crippen LogP contribution >= 0.6 is 0 Å². The van der Waals surface area contributed by atoms with Gasteiger partial charge >= 0.3 is 5.69 Å². The van der Waals surface area contributed by atoms with Crippen molar-refractivity contribution in [3.63, 3.8) is 0 Å². The minimum Gasteiger partial charge on any atom is -0.394 e. The summed E-state index contributed by atoms with van der Waals surface area (Å²) in [5.41, 5.74) is -0.570. The molecule has 2 heterocycles. The molecule has 1 aromatic heterocycles. The first-order valence-corrected chi connectivity index (χ1v) is 5.79. The highest BCUT2D eigenvalue weighted by Gasteiger charge is 2.30. The molecule has 7 nitrogen and oxygen atoms in total. The number of aromatic amines is 1. The number of H-pyrrole nitrogens is 1. The Hall–Kier alpha value is -1.44. The summed E-state index contributed by atoms with van der Waals surface area (Å²) in [6, 6.07) is 0. The number of aromatic nitrogens is 2. The number of rotatable bonds is 2. The van der Waals surface area contributed by atoms with Gasteiger partial charge in [-0.25, -0.2) is 4.79 Å². The third-order valence-electron chi connectivity index (χ3n) is 3.11. The molecule has 7 heteroatoms. The fraction of sp³-hybridized carbons (Fsp3) is 0.636. The van der Waals surface area contributed by atoms with Crippen molar-refractivity contribution < 1.29 is 14.9 Å².